The van der Waals surface area contributed by atoms with Gasteiger partial charge in [0.05, 0.1) is 11.7 Å². The first kappa shape index (κ1) is 20.2. The van der Waals surface area contributed by atoms with Crippen molar-refractivity contribution in [1.82, 2.24) is 19.6 Å². The molecule has 0 aliphatic heterocycles. The maximum absolute atomic E-state index is 14.3. The Hall–Kier alpha value is -3.56. The summed E-state index contributed by atoms with van der Waals surface area (Å²) in [6, 6.07) is 1.69. The summed E-state index contributed by atoms with van der Waals surface area (Å²) in [7, 11) is 3.29. The van der Waals surface area contributed by atoms with Crippen molar-refractivity contribution >= 4 is 28.6 Å². The van der Waals surface area contributed by atoms with Gasteiger partial charge in [0.15, 0.2) is 11.6 Å². The molecule has 1 aromatic carbocycles. The highest BCUT2D eigenvalue weighted by Gasteiger charge is 2.22. The molecule has 0 bridgehead atoms. The smallest absolute Gasteiger partial charge is 0.283 e. The molecule has 0 spiro atoms. The number of aliphatic imine (C=N–C) groups is 1. The van der Waals surface area contributed by atoms with Crippen LogP contribution < -0.4 is 15.9 Å². The number of hydrogen-bond donors (Lipinski definition) is 2. The first-order valence-corrected chi connectivity index (χ1v) is 8.94. The number of phenolic OH excluding ortho intramolecular Hbond substituents is 1. The number of rotatable bonds is 5. The van der Waals surface area contributed by atoms with Crippen LogP contribution in [0.2, 0.25) is 0 Å². The van der Waals surface area contributed by atoms with Crippen LogP contribution in [-0.2, 0) is 0 Å². The monoisotopic (exact) mass is 399 g/mol. The molecule has 2 N–H and O–H groups in total. The Labute approximate surface area is 166 Å². The molecule has 0 saturated carbocycles. The lowest BCUT2D eigenvalue weighted by molar-refractivity contribution is 0.477. The van der Waals surface area contributed by atoms with Crippen molar-refractivity contribution in [2.45, 2.75) is 26.8 Å². The van der Waals surface area contributed by atoms with Gasteiger partial charge in [-0.15, -0.1) is 0 Å². The molecule has 0 fully saturated rings. The van der Waals surface area contributed by atoms with Crippen LogP contribution >= 0.6 is 0 Å². The SMILES string of the molecule is CC=Nc1c(C)ncnc1N[C@@H](C)c1nc2c(O)ccc(F)c2c(=O)n1N(C)C. The fourth-order valence-corrected chi connectivity index (χ4v) is 3.04. The Kier molecular flexibility index (Phi) is 5.44. The van der Waals surface area contributed by atoms with E-state index in [2.05, 4.69) is 25.3 Å². The van der Waals surface area contributed by atoms with Crippen LogP contribution in [0.3, 0.4) is 0 Å². The number of aromatic nitrogens is 4. The first-order chi connectivity index (χ1) is 13.8. The van der Waals surface area contributed by atoms with Gasteiger partial charge in [0.25, 0.3) is 5.56 Å². The molecule has 10 heteroatoms. The zero-order valence-corrected chi connectivity index (χ0v) is 16.8. The van der Waals surface area contributed by atoms with E-state index in [1.54, 1.807) is 34.2 Å². The number of aromatic hydroxyl groups is 1. The van der Waals surface area contributed by atoms with Crippen molar-refractivity contribution in [2.24, 2.45) is 4.99 Å². The van der Waals surface area contributed by atoms with E-state index in [-0.39, 0.29) is 22.5 Å². The highest BCUT2D eigenvalue weighted by Crippen LogP contribution is 2.29. The molecule has 0 radical (unpaired) electrons. The average Bonchev–Trinajstić information content (AvgIpc) is 2.66. The van der Waals surface area contributed by atoms with Crippen LogP contribution in [0.1, 0.15) is 31.4 Å². The van der Waals surface area contributed by atoms with Crippen LogP contribution in [0.5, 0.6) is 5.75 Å². The van der Waals surface area contributed by atoms with Gasteiger partial charge >= 0.3 is 0 Å². The second kappa shape index (κ2) is 7.82. The molecule has 0 unspecified atom stereocenters. The molecule has 0 aliphatic carbocycles. The standard InChI is InChI=1S/C19H22FN7O2/c1-6-21-15-10(2)22-9-23-17(15)24-11(3)18-25-16-13(28)8-7-12(20)14(16)19(29)27(18)26(4)5/h6-9,11,28H,1-5H3,(H,22,23,24)/t11-/m0/s1. The molecule has 29 heavy (non-hydrogen) atoms. The number of nitrogens with one attached hydrogen (secondary N) is 1. The third-order valence-corrected chi connectivity index (χ3v) is 4.36. The summed E-state index contributed by atoms with van der Waals surface area (Å²) in [5, 5.41) is 14.6. The highest BCUT2D eigenvalue weighted by molar-refractivity contribution is 5.84. The van der Waals surface area contributed by atoms with E-state index < -0.39 is 17.4 Å². The zero-order chi connectivity index (χ0) is 21.3. The van der Waals surface area contributed by atoms with E-state index in [0.29, 0.717) is 17.2 Å². The van der Waals surface area contributed by atoms with Crippen LogP contribution in [0.4, 0.5) is 15.9 Å². The number of aryl methyl sites for hydroxylation is 1. The molecular formula is C19H22FN7O2. The van der Waals surface area contributed by atoms with E-state index in [4.69, 9.17) is 0 Å². The summed E-state index contributed by atoms with van der Waals surface area (Å²) >= 11 is 0. The molecule has 9 nitrogen and oxygen atoms in total. The first-order valence-electron chi connectivity index (χ1n) is 8.94. The molecule has 2 aromatic heterocycles. The third-order valence-electron chi connectivity index (χ3n) is 4.36. The number of benzene rings is 1. The zero-order valence-electron chi connectivity index (χ0n) is 16.8. The molecule has 3 rings (SSSR count). The lowest BCUT2D eigenvalue weighted by Crippen LogP contribution is -2.40. The number of hydrogen-bond acceptors (Lipinski definition) is 8. The fourth-order valence-electron chi connectivity index (χ4n) is 3.04. The Morgan fingerprint density at radius 1 is 1.34 bits per heavy atom. The van der Waals surface area contributed by atoms with Crippen LogP contribution in [0, 0.1) is 12.7 Å². The summed E-state index contributed by atoms with van der Waals surface area (Å²) in [4.78, 5) is 30.1. The van der Waals surface area contributed by atoms with E-state index in [1.807, 2.05) is 6.92 Å². The van der Waals surface area contributed by atoms with Crippen molar-refractivity contribution < 1.29 is 9.50 Å². The van der Waals surface area contributed by atoms with Crippen LogP contribution in [0.25, 0.3) is 10.9 Å². The second-order valence-electron chi connectivity index (χ2n) is 6.63. The molecule has 0 saturated heterocycles. The molecule has 3 aromatic rings. The topological polar surface area (TPSA) is 109 Å². The second-order valence-corrected chi connectivity index (χ2v) is 6.63. The minimum atomic E-state index is -0.746. The quantitative estimate of drug-likeness (QED) is 0.634. The van der Waals surface area contributed by atoms with Crippen LogP contribution in [-0.4, -0.2) is 45.0 Å². The average molecular weight is 399 g/mol. The Morgan fingerprint density at radius 3 is 2.72 bits per heavy atom. The van der Waals surface area contributed by atoms with Crippen molar-refractivity contribution in [3.63, 3.8) is 0 Å². The van der Waals surface area contributed by atoms with Gasteiger partial charge in [0, 0.05) is 20.3 Å². The number of fused-ring (bicyclic) bond motifs is 1. The van der Waals surface area contributed by atoms with Crippen molar-refractivity contribution in [2.75, 3.05) is 24.4 Å². The minimum absolute atomic E-state index is 0.0950. The fraction of sp³-hybridized carbons (Fsp3) is 0.316. The third kappa shape index (κ3) is 3.60. The van der Waals surface area contributed by atoms with Crippen LogP contribution in [0.15, 0.2) is 28.2 Å². The van der Waals surface area contributed by atoms with Gasteiger partial charge in [-0.05, 0) is 32.9 Å². The normalized spacial score (nSPS) is 12.5. The van der Waals surface area contributed by atoms with Crippen molar-refractivity contribution in [1.29, 1.82) is 0 Å². The largest absolute Gasteiger partial charge is 0.506 e. The van der Waals surface area contributed by atoms with Gasteiger partial charge in [0.2, 0.25) is 0 Å². The Balaban J connectivity index is 2.20. The van der Waals surface area contributed by atoms with Gasteiger partial charge in [-0.2, -0.15) is 0 Å². The molecule has 0 amide bonds. The highest BCUT2D eigenvalue weighted by atomic mass is 19.1. The summed E-state index contributed by atoms with van der Waals surface area (Å²) < 4.78 is 15.6. The molecular weight excluding hydrogens is 377 g/mol. The summed E-state index contributed by atoms with van der Waals surface area (Å²) in [5.41, 5.74) is 0.532. The van der Waals surface area contributed by atoms with E-state index in [1.165, 1.54) is 22.1 Å². The van der Waals surface area contributed by atoms with E-state index in [0.717, 1.165) is 6.07 Å². The summed E-state index contributed by atoms with van der Waals surface area (Å²) in [6.07, 6.45) is 3.04. The van der Waals surface area contributed by atoms with Gasteiger partial charge in [-0.25, -0.2) is 24.0 Å². The van der Waals surface area contributed by atoms with Gasteiger partial charge in [-0.1, -0.05) is 0 Å². The lowest BCUT2D eigenvalue weighted by Gasteiger charge is -2.25. The maximum atomic E-state index is 14.3. The van der Waals surface area contributed by atoms with Gasteiger partial charge in [0.1, 0.15) is 34.5 Å². The number of nitrogens with zero attached hydrogens (tertiary/aromatic N) is 6. The summed E-state index contributed by atoms with van der Waals surface area (Å²) in [6.45, 7) is 5.37. The Morgan fingerprint density at radius 2 is 2.07 bits per heavy atom. The maximum Gasteiger partial charge on any atom is 0.283 e. The van der Waals surface area contributed by atoms with Gasteiger partial charge in [-0.3, -0.25) is 9.79 Å². The molecule has 2 heterocycles. The molecule has 152 valence electrons. The predicted molar refractivity (Wildman–Crippen MR) is 110 cm³/mol. The van der Waals surface area contributed by atoms with Crippen molar-refractivity contribution in [3.8, 4) is 5.75 Å². The van der Waals surface area contributed by atoms with Gasteiger partial charge < -0.3 is 15.4 Å². The summed E-state index contributed by atoms with van der Waals surface area (Å²) in [5.74, 6) is -0.279. The van der Waals surface area contributed by atoms with Crippen molar-refractivity contribution in [3.05, 3.63) is 46.1 Å². The predicted octanol–water partition coefficient (Wildman–Crippen LogP) is 2.43. The number of anilines is 1. The Bertz CT molecular complexity index is 1160. The van der Waals surface area contributed by atoms with E-state index >= 15 is 0 Å². The molecule has 1 atom stereocenters. The number of halogens is 1. The minimum Gasteiger partial charge on any atom is -0.506 e. The molecule has 0 aliphatic rings. The number of phenols is 1. The lowest BCUT2D eigenvalue weighted by atomic mass is 10.2. The van der Waals surface area contributed by atoms with E-state index in [9.17, 15) is 14.3 Å².